The fraction of sp³-hybridized carbons (Fsp3) is 0.667. The minimum Gasteiger partial charge on any atom is -0.377 e. The highest BCUT2D eigenvalue weighted by Gasteiger charge is 2.21. The van der Waals surface area contributed by atoms with Crippen LogP contribution < -0.4 is 5.73 Å². The molecule has 2 unspecified atom stereocenters. The molecule has 3 nitrogen and oxygen atoms in total. The molecule has 1 fully saturated rings. The fourth-order valence-corrected chi connectivity index (χ4v) is 3.06. The van der Waals surface area contributed by atoms with E-state index in [1.807, 2.05) is 0 Å². The van der Waals surface area contributed by atoms with Crippen LogP contribution in [0.5, 0.6) is 0 Å². The number of rotatable bonds is 6. The predicted molar refractivity (Wildman–Crippen MR) is 88.5 cm³/mol. The molecular formula is C18H30N2O. The molecule has 1 aliphatic heterocycles. The van der Waals surface area contributed by atoms with E-state index in [0.29, 0.717) is 12.0 Å². The molecule has 21 heavy (non-hydrogen) atoms. The van der Waals surface area contributed by atoms with Crippen molar-refractivity contribution in [2.24, 2.45) is 5.73 Å². The number of nitrogens with two attached hydrogens (primary N) is 1. The van der Waals surface area contributed by atoms with Crippen molar-refractivity contribution in [1.29, 1.82) is 0 Å². The molecule has 3 heteroatoms. The lowest BCUT2D eigenvalue weighted by molar-refractivity contribution is 0.00449. The summed E-state index contributed by atoms with van der Waals surface area (Å²) >= 11 is 0. The number of ether oxygens (including phenoxy) is 1. The molecule has 0 aliphatic carbocycles. The van der Waals surface area contributed by atoms with Crippen molar-refractivity contribution < 1.29 is 4.74 Å². The molecule has 0 radical (unpaired) electrons. The zero-order valence-corrected chi connectivity index (χ0v) is 13.7. The Bertz CT molecular complexity index is 414. The Morgan fingerprint density at radius 1 is 1.24 bits per heavy atom. The van der Waals surface area contributed by atoms with Crippen LogP contribution in [0.4, 0.5) is 0 Å². The second kappa shape index (κ2) is 7.92. The molecule has 0 amide bonds. The Balaban J connectivity index is 1.89. The first-order valence-electron chi connectivity index (χ1n) is 8.29. The molecule has 2 N–H and O–H groups in total. The summed E-state index contributed by atoms with van der Waals surface area (Å²) in [7, 11) is 0. The van der Waals surface area contributed by atoms with E-state index in [9.17, 15) is 0 Å². The largest absolute Gasteiger partial charge is 0.377 e. The maximum absolute atomic E-state index is 6.39. The van der Waals surface area contributed by atoms with Crippen LogP contribution in [0.25, 0.3) is 0 Å². The lowest BCUT2D eigenvalue weighted by Gasteiger charge is -2.34. The number of hydrogen-bond donors (Lipinski definition) is 1. The second-order valence-corrected chi connectivity index (χ2v) is 6.41. The van der Waals surface area contributed by atoms with Gasteiger partial charge in [0.15, 0.2) is 0 Å². The van der Waals surface area contributed by atoms with Crippen molar-refractivity contribution in [2.75, 3.05) is 26.2 Å². The van der Waals surface area contributed by atoms with E-state index in [-0.39, 0.29) is 6.04 Å². The Hall–Kier alpha value is -0.900. The molecule has 1 saturated heterocycles. The molecule has 1 aliphatic rings. The van der Waals surface area contributed by atoms with Gasteiger partial charge in [-0.05, 0) is 43.4 Å². The van der Waals surface area contributed by atoms with Crippen LogP contribution in [-0.2, 0) is 4.74 Å². The maximum Gasteiger partial charge on any atom is 0.0702 e. The first-order valence-corrected chi connectivity index (χ1v) is 8.29. The van der Waals surface area contributed by atoms with E-state index >= 15 is 0 Å². The average molecular weight is 290 g/mol. The van der Waals surface area contributed by atoms with Gasteiger partial charge in [-0.3, -0.25) is 4.90 Å². The van der Waals surface area contributed by atoms with Crippen LogP contribution in [0.3, 0.4) is 0 Å². The smallest absolute Gasteiger partial charge is 0.0702 e. The van der Waals surface area contributed by atoms with Gasteiger partial charge in [0.1, 0.15) is 0 Å². The zero-order chi connectivity index (χ0) is 15.2. The van der Waals surface area contributed by atoms with Crippen LogP contribution in [-0.4, -0.2) is 37.2 Å². The minimum atomic E-state index is 0.0894. The van der Waals surface area contributed by atoms with E-state index in [2.05, 4.69) is 49.9 Å². The third-order valence-corrected chi connectivity index (χ3v) is 4.35. The van der Waals surface area contributed by atoms with Crippen LogP contribution in [0.2, 0.25) is 0 Å². The van der Waals surface area contributed by atoms with Gasteiger partial charge in [-0.15, -0.1) is 0 Å². The zero-order valence-electron chi connectivity index (χ0n) is 13.7. The molecule has 0 saturated carbocycles. The number of benzene rings is 1. The van der Waals surface area contributed by atoms with Gasteiger partial charge < -0.3 is 10.5 Å². The lowest BCUT2D eigenvalue weighted by atomic mass is 9.98. The highest BCUT2D eigenvalue weighted by Crippen LogP contribution is 2.20. The van der Waals surface area contributed by atoms with Crippen LogP contribution >= 0.6 is 0 Å². The number of likely N-dealkylation sites (tertiary alicyclic amines) is 1. The summed E-state index contributed by atoms with van der Waals surface area (Å²) in [6, 6.07) is 8.87. The standard InChI is InChI=1S/C18H30N2O/c1-4-21-17-6-5-11-20(12-17)13-18(19)16-9-7-15(8-10-16)14(2)3/h7-10,14,17-18H,4-6,11-13,19H2,1-3H3. The Morgan fingerprint density at radius 2 is 1.90 bits per heavy atom. The van der Waals surface area contributed by atoms with Gasteiger partial charge in [0.2, 0.25) is 0 Å². The number of hydrogen-bond acceptors (Lipinski definition) is 3. The lowest BCUT2D eigenvalue weighted by Crippen LogP contribution is -2.42. The number of nitrogens with zero attached hydrogens (tertiary/aromatic N) is 1. The van der Waals surface area contributed by atoms with E-state index in [1.165, 1.54) is 24.0 Å². The summed E-state index contributed by atoms with van der Waals surface area (Å²) in [6.07, 6.45) is 2.78. The topological polar surface area (TPSA) is 38.5 Å². The van der Waals surface area contributed by atoms with E-state index in [1.54, 1.807) is 0 Å². The number of piperidine rings is 1. The van der Waals surface area contributed by atoms with Gasteiger partial charge in [-0.25, -0.2) is 0 Å². The summed E-state index contributed by atoms with van der Waals surface area (Å²) in [6.45, 7) is 10.4. The Kier molecular flexibility index (Phi) is 6.22. The summed E-state index contributed by atoms with van der Waals surface area (Å²) < 4.78 is 5.76. The van der Waals surface area contributed by atoms with Gasteiger partial charge in [0.25, 0.3) is 0 Å². The monoisotopic (exact) mass is 290 g/mol. The van der Waals surface area contributed by atoms with Crippen molar-refractivity contribution in [3.63, 3.8) is 0 Å². The second-order valence-electron chi connectivity index (χ2n) is 6.41. The van der Waals surface area contributed by atoms with Crippen LogP contribution in [0, 0.1) is 0 Å². The van der Waals surface area contributed by atoms with Crippen molar-refractivity contribution >= 4 is 0 Å². The maximum atomic E-state index is 6.39. The third kappa shape index (κ3) is 4.80. The Labute approximate surface area is 129 Å². The molecule has 0 spiro atoms. The Morgan fingerprint density at radius 3 is 2.52 bits per heavy atom. The predicted octanol–water partition coefficient (Wildman–Crippen LogP) is 3.31. The van der Waals surface area contributed by atoms with Crippen molar-refractivity contribution in [3.05, 3.63) is 35.4 Å². The highest BCUT2D eigenvalue weighted by molar-refractivity contribution is 5.26. The van der Waals surface area contributed by atoms with Gasteiger partial charge >= 0.3 is 0 Å². The first kappa shape index (κ1) is 16.5. The summed E-state index contributed by atoms with van der Waals surface area (Å²) in [5.74, 6) is 0.573. The average Bonchev–Trinajstić information content (AvgIpc) is 2.48. The fourth-order valence-electron chi connectivity index (χ4n) is 3.06. The molecule has 0 aromatic heterocycles. The quantitative estimate of drug-likeness (QED) is 0.873. The van der Waals surface area contributed by atoms with Crippen LogP contribution in [0.15, 0.2) is 24.3 Å². The third-order valence-electron chi connectivity index (χ3n) is 4.35. The van der Waals surface area contributed by atoms with Gasteiger partial charge in [0, 0.05) is 25.7 Å². The molecule has 0 bridgehead atoms. The molecule has 1 heterocycles. The van der Waals surface area contributed by atoms with Gasteiger partial charge in [-0.2, -0.15) is 0 Å². The molecule has 1 aromatic rings. The van der Waals surface area contributed by atoms with Gasteiger partial charge in [-0.1, -0.05) is 38.1 Å². The SMILES string of the molecule is CCOC1CCCN(CC(N)c2ccc(C(C)C)cc2)C1. The van der Waals surface area contributed by atoms with Gasteiger partial charge in [0.05, 0.1) is 6.10 Å². The normalized spacial score (nSPS) is 21.7. The molecule has 2 rings (SSSR count). The van der Waals surface area contributed by atoms with Crippen LogP contribution in [0.1, 0.15) is 56.7 Å². The molecule has 118 valence electrons. The van der Waals surface area contributed by atoms with Crippen molar-refractivity contribution in [3.8, 4) is 0 Å². The van der Waals surface area contributed by atoms with Crippen molar-refractivity contribution in [2.45, 2.75) is 51.7 Å². The summed E-state index contributed by atoms with van der Waals surface area (Å²) in [5, 5.41) is 0. The van der Waals surface area contributed by atoms with E-state index in [4.69, 9.17) is 10.5 Å². The van der Waals surface area contributed by atoms with Crippen molar-refractivity contribution in [1.82, 2.24) is 4.90 Å². The highest BCUT2D eigenvalue weighted by atomic mass is 16.5. The molecule has 1 aromatic carbocycles. The molecule has 2 atom stereocenters. The molecular weight excluding hydrogens is 260 g/mol. The minimum absolute atomic E-state index is 0.0894. The first-order chi connectivity index (χ1) is 10.1. The van der Waals surface area contributed by atoms with E-state index in [0.717, 1.165) is 26.2 Å². The summed E-state index contributed by atoms with van der Waals surface area (Å²) in [4.78, 5) is 2.45. The van der Waals surface area contributed by atoms with E-state index < -0.39 is 0 Å². The summed E-state index contributed by atoms with van der Waals surface area (Å²) in [5.41, 5.74) is 9.00.